The smallest absolute Gasteiger partial charge is 0.309 e. The van der Waals surface area contributed by atoms with Crippen molar-refractivity contribution in [3.63, 3.8) is 0 Å². The number of nitrogens with zero attached hydrogens (tertiary/aromatic N) is 5. The molecule has 1 N–H and O–H groups in total. The first-order valence-electron chi connectivity index (χ1n) is 8.45. The van der Waals surface area contributed by atoms with E-state index >= 15 is 0 Å². The van der Waals surface area contributed by atoms with Crippen molar-refractivity contribution >= 4 is 32.8 Å². The van der Waals surface area contributed by atoms with Crippen molar-refractivity contribution < 1.29 is 27.9 Å². The van der Waals surface area contributed by atoms with E-state index in [-0.39, 0.29) is 0 Å². The summed E-state index contributed by atoms with van der Waals surface area (Å²) >= 11 is 0. The van der Waals surface area contributed by atoms with Crippen molar-refractivity contribution in [3.05, 3.63) is 80.1 Å². The SMILES string of the molecule is c1cc2c[n+](-[n+]3ccc4c[n+](-[n+]5ccc6ccoc6c5)oc4c3)[nH]c2cn1. The zero-order chi connectivity index (χ0) is 17.8. The average molecular weight is 358 g/mol. The quantitative estimate of drug-likeness (QED) is 0.466. The normalized spacial score (nSPS) is 11.7. The maximum Gasteiger partial charge on any atom is 0.309 e. The summed E-state index contributed by atoms with van der Waals surface area (Å²) in [6.07, 6.45) is 16.9. The second-order valence-corrected chi connectivity index (χ2v) is 6.28. The van der Waals surface area contributed by atoms with Crippen LogP contribution < -0.4 is 19.0 Å². The molecule has 8 nitrogen and oxygen atoms in total. The van der Waals surface area contributed by atoms with Crippen LogP contribution in [-0.4, -0.2) is 10.1 Å². The number of H-pyrrole nitrogens is 1. The van der Waals surface area contributed by atoms with E-state index in [4.69, 9.17) is 8.94 Å². The van der Waals surface area contributed by atoms with Gasteiger partial charge in [-0.2, -0.15) is 4.52 Å². The van der Waals surface area contributed by atoms with Crippen LogP contribution in [0.3, 0.4) is 0 Å². The minimum absolute atomic E-state index is 0.744. The van der Waals surface area contributed by atoms with E-state index in [2.05, 4.69) is 10.1 Å². The Labute approximate surface area is 151 Å². The molecule has 6 aromatic heterocycles. The average Bonchev–Trinajstić information content (AvgIpc) is 3.42. The predicted molar refractivity (Wildman–Crippen MR) is 90.9 cm³/mol. The number of rotatable bonds is 2. The van der Waals surface area contributed by atoms with Gasteiger partial charge in [0.2, 0.25) is 23.5 Å². The first kappa shape index (κ1) is 14.1. The fourth-order valence-electron chi connectivity index (χ4n) is 3.19. The molecular formula is C19H14N6O2+4. The number of nitrogens with one attached hydrogen (secondary N) is 1. The summed E-state index contributed by atoms with van der Waals surface area (Å²) < 4.78 is 15.2. The van der Waals surface area contributed by atoms with E-state index in [1.54, 1.807) is 23.5 Å². The minimum atomic E-state index is 0.744. The van der Waals surface area contributed by atoms with Crippen LogP contribution in [0.1, 0.15) is 0 Å². The predicted octanol–water partition coefficient (Wildman–Crippen LogP) is 0.828. The van der Waals surface area contributed by atoms with E-state index in [0.717, 1.165) is 32.8 Å². The van der Waals surface area contributed by atoms with Gasteiger partial charge in [0.25, 0.3) is 22.8 Å². The largest absolute Gasteiger partial charge is 0.458 e. The zero-order valence-corrected chi connectivity index (χ0v) is 14.1. The monoisotopic (exact) mass is 358 g/mol. The van der Waals surface area contributed by atoms with Gasteiger partial charge < -0.3 is 4.42 Å². The molecular weight excluding hydrogens is 344 g/mol. The number of aromatic nitrogens is 6. The lowest BCUT2D eigenvalue weighted by Gasteiger charge is -1.84. The number of aromatic amines is 1. The number of fused-ring (bicyclic) bond motifs is 3. The Balaban J connectivity index is 1.46. The molecule has 0 aromatic carbocycles. The summed E-state index contributed by atoms with van der Waals surface area (Å²) in [6.45, 7) is 0. The van der Waals surface area contributed by atoms with Crippen molar-refractivity contribution in [2.24, 2.45) is 0 Å². The van der Waals surface area contributed by atoms with Gasteiger partial charge in [-0.25, -0.2) is 0 Å². The molecule has 6 aromatic rings. The lowest BCUT2D eigenvalue weighted by Crippen LogP contribution is -2.66. The van der Waals surface area contributed by atoms with Crippen LogP contribution in [0.2, 0.25) is 0 Å². The summed E-state index contributed by atoms with van der Waals surface area (Å²) in [5.74, 6) is 0. The van der Waals surface area contributed by atoms with Gasteiger partial charge in [0.05, 0.1) is 12.5 Å². The molecule has 6 rings (SSSR count). The molecule has 0 unspecified atom stereocenters. The van der Waals surface area contributed by atoms with Gasteiger partial charge in [0.1, 0.15) is 20.2 Å². The molecule has 0 saturated carbocycles. The Morgan fingerprint density at radius 2 is 1.70 bits per heavy atom. The van der Waals surface area contributed by atoms with Crippen LogP contribution in [0.25, 0.3) is 32.8 Å². The summed E-state index contributed by atoms with van der Waals surface area (Å²) in [4.78, 5) is 7.68. The highest BCUT2D eigenvalue weighted by Crippen LogP contribution is 2.11. The van der Waals surface area contributed by atoms with Crippen LogP contribution in [0.5, 0.6) is 0 Å². The Bertz CT molecular complexity index is 1410. The van der Waals surface area contributed by atoms with Gasteiger partial charge >= 0.3 is 6.20 Å². The lowest BCUT2D eigenvalue weighted by atomic mass is 10.3. The molecule has 0 spiro atoms. The number of furan rings is 1. The van der Waals surface area contributed by atoms with E-state index in [0.29, 0.717) is 0 Å². The lowest BCUT2D eigenvalue weighted by molar-refractivity contribution is -1.36. The fraction of sp³-hybridized carbons (Fsp3) is 0. The Morgan fingerprint density at radius 1 is 0.815 bits per heavy atom. The molecule has 0 radical (unpaired) electrons. The Hall–Kier alpha value is -4.07. The molecule has 6 heterocycles. The molecule has 27 heavy (non-hydrogen) atoms. The van der Waals surface area contributed by atoms with Crippen LogP contribution in [0, 0.1) is 0 Å². The van der Waals surface area contributed by atoms with Gasteiger partial charge in [0.15, 0.2) is 6.20 Å². The summed E-state index contributed by atoms with van der Waals surface area (Å²) in [5, 5.41) is 6.39. The van der Waals surface area contributed by atoms with Gasteiger partial charge in [0, 0.05) is 28.4 Å². The molecule has 0 saturated heterocycles. The number of hydrogen-bond donors (Lipinski definition) is 1. The summed E-state index contributed by atoms with van der Waals surface area (Å²) in [6, 6.07) is 7.87. The maximum absolute atomic E-state index is 5.99. The third-order valence-electron chi connectivity index (χ3n) is 4.59. The highest BCUT2D eigenvalue weighted by Gasteiger charge is 2.25. The minimum Gasteiger partial charge on any atom is -0.458 e. The topological polar surface area (TPSA) is 70.5 Å². The molecule has 0 aliphatic heterocycles. The van der Waals surface area contributed by atoms with Crippen molar-refractivity contribution in [1.82, 2.24) is 10.1 Å². The Kier molecular flexibility index (Phi) is 2.73. The van der Waals surface area contributed by atoms with Gasteiger partial charge in [-0.15, -0.1) is 0 Å². The van der Waals surface area contributed by atoms with Crippen molar-refractivity contribution in [2.75, 3.05) is 0 Å². The summed E-state index contributed by atoms with van der Waals surface area (Å²) in [7, 11) is 0. The van der Waals surface area contributed by atoms with Crippen LogP contribution in [-0.2, 0) is 0 Å². The van der Waals surface area contributed by atoms with E-state index in [9.17, 15) is 0 Å². The Morgan fingerprint density at radius 3 is 2.67 bits per heavy atom. The van der Waals surface area contributed by atoms with Gasteiger partial charge in [-0.3, -0.25) is 4.98 Å². The van der Waals surface area contributed by atoms with E-state index < -0.39 is 0 Å². The standard InChI is InChI=1S/C19H14N6O2/c1-5-20-9-17-15(1)10-24(21-17)22-6-3-16-11-25(27-19(16)13-22)23-7-2-14-4-8-26-18(14)12-23/h1-13,21H/q+4. The van der Waals surface area contributed by atoms with E-state index in [1.807, 2.05) is 75.6 Å². The molecule has 8 heteroatoms. The van der Waals surface area contributed by atoms with Gasteiger partial charge in [-0.05, 0) is 17.2 Å². The molecule has 0 amide bonds. The summed E-state index contributed by atoms with van der Waals surface area (Å²) in [5.41, 5.74) is 2.50. The molecule has 0 bridgehead atoms. The highest BCUT2D eigenvalue weighted by atomic mass is 16.5. The van der Waals surface area contributed by atoms with Crippen LogP contribution >= 0.6 is 0 Å². The highest BCUT2D eigenvalue weighted by molar-refractivity contribution is 5.75. The van der Waals surface area contributed by atoms with Crippen LogP contribution in [0.15, 0.2) is 89.0 Å². The molecule has 0 fully saturated rings. The molecule has 0 atom stereocenters. The number of pyridine rings is 3. The van der Waals surface area contributed by atoms with Crippen molar-refractivity contribution in [2.45, 2.75) is 0 Å². The third-order valence-corrected chi connectivity index (χ3v) is 4.59. The third kappa shape index (κ3) is 2.20. The maximum atomic E-state index is 5.99. The number of hydrogen-bond acceptors (Lipinski definition) is 3. The van der Waals surface area contributed by atoms with Crippen molar-refractivity contribution in [3.8, 4) is 0 Å². The van der Waals surface area contributed by atoms with Gasteiger partial charge in [-0.1, -0.05) is 0 Å². The second-order valence-electron chi connectivity index (χ2n) is 6.28. The first-order valence-corrected chi connectivity index (χ1v) is 8.45. The second kappa shape index (κ2) is 5.21. The first-order chi connectivity index (χ1) is 13.3. The molecule has 128 valence electrons. The molecule has 0 aliphatic carbocycles. The zero-order valence-electron chi connectivity index (χ0n) is 14.1. The van der Waals surface area contributed by atoms with E-state index in [1.165, 1.54) is 0 Å². The molecule has 0 aliphatic rings. The fourth-order valence-corrected chi connectivity index (χ4v) is 3.19. The van der Waals surface area contributed by atoms with Crippen molar-refractivity contribution in [1.29, 1.82) is 0 Å². The van der Waals surface area contributed by atoms with Crippen LogP contribution in [0.4, 0.5) is 0 Å².